The van der Waals surface area contributed by atoms with Gasteiger partial charge in [-0.1, -0.05) is 11.6 Å². The topological polar surface area (TPSA) is 104 Å². The number of rotatable bonds is 6. The Bertz CT molecular complexity index is 1020. The van der Waals surface area contributed by atoms with E-state index >= 15 is 0 Å². The number of halogens is 1. The average molecular weight is 425 g/mol. The number of hydrogen-bond acceptors (Lipinski definition) is 5. The number of ether oxygens (including phenoxy) is 1. The van der Waals surface area contributed by atoms with Crippen molar-refractivity contribution < 1.29 is 27.9 Å². The van der Waals surface area contributed by atoms with Crippen LogP contribution in [0, 0.1) is 0 Å². The molecule has 1 aliphatic rings. The molecule has 0 saturated heterocycles. The third-order valence-corrected chi connectivity index (χ3v) is 6.14. The Morgan fingerprint density at radius 2 is 1.86 bits per heavy atom. The molecular formula is C18H17ClN2O6S. The summed E-state index contributed by atoms with van der Waals surface area (Å²) in [5.74, 6) is -0.577. The number of amides is 2. The van der Waals surface area contributed by atoms with Gasteiger partial charge in [0.05, 0.1) is 18.0 Å². The zero-order valence-electron chi connectivity index (χ0n) is 14.8. The number of fused-ring (bicyclic) bond motifs is 1. The highest BCUT2D eigenvalue weighted by Gasteiger charge is 2.41. The van der Waals surface area contributed by atoms with Gasteiger partial charge in [-0.15, -0.1) is 0 Å². The van der Waals surface area contributed by atoms with E-state index in [1.54, 1.807) is 0 Å². The molecule has 0 aliphatic carbocycles. The zero-order chi connectivity index (χ0) is 20.5. The number of carbonyl (C=O) groups excluding carboxylic acids is 1. The van der Waals surface area contributed by atoms with E-state index < -0.39 is 22.0 Å². The van der Waals surface area contributed by atoms with Crippen LogP contribution >= 0.6 is 11.6 Å². The van der Waals surface area contributed by atoms with Crippen molar-refractivity contribution >= 4 is 45.0 Å². The van der Waals surface area contributed by atoms with Crippen LogP contribution < -0.4 is 13.9 Å². The van der Waals surface area contributed by atoms with Crippen molar-refractivity contribution in [2.24, 2.45) is 0 Å². The minimum Gasteiger partial charge on any atom is -0.494 e. The SMILES string of the molecule is CN1C(=O)N(c2ccc(Cl)cc2)S(=O)(=O)c2ccc(OCCCC(=O)O)cc21. The van der Waals surface area contributed by atoms with E-state index in [1.807, 2.05) is 0 Å². The van der Waals surface area contributed by atoms with Gasteiger partial charge in [0.15, 0.2) is 0 Å². The standard InChI is InChI=1S/C18H17ClN2O6S/c1-20-15-11-14(27-10-2-3-17(22)23)8-9-16(15)28(25,26)21(18(20)24)13-6-4-12(19)5-7-13/h4-9,11H,2-3,10H2,1H3,(H,22,23). The number of nitrogens with zero attached hydrogens (tertiary/aromatic N) is 2. The monoisotopic (exact) mass is 424 g/mol. The van der Waals surface area contributed by atoms with Crippen LogP contribution in [0.25, 0.3) is 0 Å². The van der Waals surface area contributed by atoms with Crippen LogP contribution in [0.15, 0.2) is 47.4 Å². The number of hydrogen-bond donors (Lipinski definition) is 1. The molecule has 28 heavy (non-hydrogen) atoms. The van der Waals surface area contributed by atoms with Crippen LogP contribution in [0.4, 0.5) is 16.2 Å². The highest BCUT2D eigenvalue weighted by Crippen LogP contribution is 2.38. The van der Waals surface area contributed by atoms with Crippen molar-refractivity contribution in [1.29, 1.82) is 0 Å². The summed E-state index contributed by atoms with van der Waals surface area (Å²) in [5, 5.41) is 9.07. The number of carbonyl (C=O) groups is 2. The van der Waals surface area contributed by atoms with Gasteiger partial charge in [0.1, 0.15) is 10.6 Å². The molecule has 148 valence electrons. The molecule has 2 aromatic carbocycles. The summed E-state index contributed by atoms with van der Waals surface area (Å²) in [4.78, 5) is 24.5. The second-order valence-corrected chi connectivity index (χ2v) is 8.25. The number of carboxylic acid groups (broad SMARTS) is 1. The minimum absolute atomic E-state index is 0.0340. The van der Waals surface area contributed by atoms with E-state index in [0.29, 0.717) is 17.2 Å². The summed E-state index contributed by atoms with van der Waals surface area (Å²) in [6.07, 6.45) is 0.275. The van der Waals surface area contributed by atoms with Gasteiger partial charge in [0, 0.05) is 24.6 Å². The van der Waals surface area contributed by atoms with Gasteiger partial charge in [-0.2, -0.15) is 4.31 Å². The summed E-state index contributed by atoms with van der Waals surface area (Å²) in [5.41, 5.74) is 0.367. The number of urea groups is 1. The van der Waals surface area contributed by atoms with E-state index in [1.165, 1.54) is 54.4 Å². The molecule has 0 radical (unpaired) electrons. The van der Waals surface area contributed by atoms with E-state index in [4.69, 9.17) is 21.4 Å². The first kappa shape index (κ1) is 20.0. The molecule has 3 rings (SSSR count). The van der Waals surface area contributed by atoms with Crippen molar-refractivity contribution in [3.63, 3.8) is 0 Å². The predicted molar refractivity (Wildman–Crippen MR) is 104 cm³/mol. The van der Waals surface area contributed by atoms with Crippen LogP contribution in [0.3, 0.4) is 0 Å². The van der Waals surface area contributed by atoms with Crippen molar-refractivity contribution in [2.75, 3.05) is 22.9 Å². The maximum absolute atomic E-state index is 13.0. The lowest BCUT2D eigenvalue weighted by atomic mass is 10.2. The normalized spacial score (nSPS) is 15.3. The van der Waals surface area contributed by atoms with Gasteiger partial charge in [-0.3, -0.25) is 9.69 Å². The molecule has 8 nitrogen and oxygen atoms in total. The molecule has 0 fully saturated rings. The number of benzene rings is 2. The smallest absolute Gasteiger partial charge is 0.342 e. The maximum Gasteiger partial charge on any atom is 0.342 e. The van der Waals surface area contributed by atoms with E-state index in [2.05, 4.69) is 0 Å². The molecule has 2 amide bonds. The van der Waals surface area contributed by atoms with E-state index in [9.17, 15) is 18.0 Å². The van der Waals surface area contributed by atoms with Crippen molar-refractivity contribution in [2.45, 2.75) is 17.7 Å². The fourth-order valence-electron chi connectivity index (χ4n) is 2.75. The van der Waals surface area contributed by atoms with Gasteiger partial charge in [-0.05, 0) is 42.8 Å². The number of aliphatic carboxylic acids is 1. The molecule has 0 saturated carbocycles. The Morgan fingerprint density at radius 3 is 2.50 bits per heavy atom. The second kappa shape index (κ2) is 7.69. The van der Waals surface area contributed by atoms with E-state index in [0.717, 1.165) is 4.31 Å². The molecular weight excluding hydrogens is 408 g/mol. The molecule has 10 heteroatoms. The lowest BCUT2D eigenvalue weighted by Crippen LogP contribution is -2.49. The Morgan fingerprint density at radius 1 is 1.18 bits per heavy atom. The van der Waals surface area contributed by atoms with Crippen molar-refractivity contribution in [3.8, 4) is 5.75 Å². The summed E-state index contributed by atoms with van der Waals surface area (Å²) >= 11 is 5.84. The highest BCUT2D eigenvalue weighted by atomic mass is 35.5. The molecule has 0 spiro atoms. The first-order valence-electron chi connectivity index (χ1n) is 8.29. The predicted octanol–water partition coefficient (Wildman–Crippen LogP) is 3.35. The van der Waals surface area contributed by atoms with Crippen molar-refractivity contribution in [3.05, 3.63) is 47.5 Å². The quantitative estimate of drug-likeness (QED) is 0.713. The van der Waals surface area contributed by atoms with Crippen LogP contribution in [0.5, 0.6) is 5.75 Å². The fourth-order valence-corrected chi connectivity index (χ4v) is 4.50. The molecule has 1 aliphatic heterocycles. The molecule has 0 aromatic heterocycles. The Kier molecular flexibility index (Phi) is 5.48. The first-order valence-corrected chi connectivity index (χ1v) is 10.1. The average Bonchev–Trinajstić information content (AvgIpc) is 2.65. The Hall–Kier alpha value is -2.78. The molecule has 0 atom stereocenters. The molecule has 0 unspecified atom stereocenters. The zero-order valence-corrected chi connectivity index (χ0v) is 16.4. The van der Waals surface area contributed by atoms with E-state index in [-0.39, 0.29) is 29.3 Å². The van der Waals surface area contributed by atoms with Crippen LogP contribution in [-0.2, 0) is 14.8 Å². The summed E-state index contributed by atoms with van der Waals surface area (Å²) < 4.78 is 32.3. The Labute approximate surface area is 166 Å². The minimum atomic E-state index is -4.12. The van der Waals surface area contributed by atoms with Crippen LogP contribution in [0.2, 0.25) is 5.02 Å². The third kappa shape index (κ3) is 3.76. The maximum atomic E-state index is 13.0. The summed E-state index contributed by atoms with van der Waals surface area (Å²) in [7, 11) is -2.65. The van der Waals surface area contributed by atoms with Gasteiger partial charge in [0.25, 0.3) is 10.0 Å². The molecule has 0 bridgehead atoms. The first-order chi connectivity index (χ1) is 13.2. The summed E-state index contributed by atoms with van der Waals surface area (Å²) in [6, 6.07) is 9.46. The van der Waals surface area contributed by atoms with Gasteiger partial charge >= 0.3 is 12.0 Å². The number of sulfonamides is 1. The number of anilines is 2. The molecule has 2 aromatic rings. The molecule has 1 N–H and O–H groups in total. The fraction of sp³-hybridized carbons (Fsp3) is 0.222. The van der Waals surface area contributed by atoms with Gasteiger partial charge < -0.3 is 9.84 Å². The highest BCUT2D eigenvalue weighted by molar-refractivity contribution is 7.94. The van der Waals surface area contributed by atoms with Crippen molar-refractivity contribution in [1.82, 2.24) is 0 Å². The van der Waals surface area contributed by atoms with Gasteiger partial charge in [-0.25, -0.2) is 13.2 Å². The lowest BCUT2D eigenvalue weighted by Gasteiger charge is -2.34. The number of carboxylic acids is 1. The van der Waals surface area contributed by atoms with Crippen LogP contribution in [0.1, 0.15) is 12.8 Å². The largest absolute Gasteiger partial charge is 0.494 e. The summed E-state index contributed by atoms with van der Waals surface area (Å²) in [6.45, 7) is 0.159. The van der Waals surface area contributed by atoms with Crippen LogP contribution in [-0.4, -0.2) is 39.2 Å². The molecule has 1 heterocycles. The third-order valence-electron chi connectivity index (χ3n) is 4.14. The van der Waals surface area contributed by atoms with Gasteiger partial charge in [0.2, 0.25) is 0 Å². The second-order valence-electron chi connectivity index (χ2n) is 6.06. The lowest BCUT2D eigenvalue weighted by molar-refractivity contribution is -0.137. The Balaban J connectivity index is 1.92.